The molecule has 0 fully saturated rings. The van der Waals surface area contributed by atoms with Crippen LogP contribution in [0.1, 0.15) is 96.8 Å². The van der Waals surface area contributed by atoms with Crippen molar-refractivity contribution in [1.82, 2.24) is 4.72 Å². The van der Waals surface area contributed by atoms with Crippen LogP contribution in [0.5, 0.6) is 0 Å². The summed E-state index contributed by atoms with van der Waals surface area (Å²) in [5, 5.41) is 0. The van der Waals surface area contributed by atoms with Crippen molar-refractivity contribution >= 4 is 20.1 Å². The largest absolute Gasteiger partial charge is 0.286 e. The van der Waals surface area contributed by atoms with Crippen LogP contribution in [0.3, 0.4) is 0 Å². The van der Waals surface area contributed by atoms with E-state index in [1.165, 1.54) is 70.6 Å². The van der Waals surface area contributed by atoms with E-state index in [1.54, 1.807) is 0 Å². The summed E-state index contributed by atoms with van der Waals surface area (Å²) in [4.78, 5) is 0. The molecule has 0 aliphatic carbocycles. The monoisotopic (exact) mass is 413 g/mol. The zero-order valence-corrected chi connectivity index (χ0v) is 18.1. The average molecular weight is 414 g/mol. The topological polar surface area (TPSA) is 101 Å². The van der Waals surface area contributed by atoms with Crippen LogP contribution in [-0.2, 0) is 20.1 Å². The summed E-state index contributed by atoms with van der Waals surface area (Å²) >= 11 is 0. The van der Waals surface area contributed by atoms with Gasteiger partial charge in [-0.15, -0.1) is 0 Å². The highest BCUT2D eigenvalue weighted by Gasteiger charge is 2.14. The maximum Gasteiger partial charge on any atom is 0.265 e. The van der Waals surface area contributed by atoms with Crippen LogP contribution in [-0.4, -0.2) is 39.4 Å². The van der Waals surface area contributed by atoms with Gasteiger partial charge in [-0.05, 0) is 6.42 Å². The summed E-state index contributed by atoms with van der Waals surface area (Å²) in [6.45, 7) is 2.57. The van der Waals surface area contributed by atoms with Gasteiger partial charge in [-0.25, -0.2) is 13.1 Å². The molecule has 0 unspecified atom stereocenters. The molecule has 0 aromatic carbocycles. The molecule has 0 spiro atoms. The molecule has 26 heavy (non-hydrogen) atoms. The molecule has 0 rings (SSSR count). The van der Waals surface area contributed by atoms with E-state index in [1.807, 2.05) is 0 Å². The van der Waals surface area contributed by atoms with E-state index in [9.17, 15) is 16.8 Å². The minimum atomic E-state index is -4.24. The first-order chi connectivity index (χ1) is 12.3. The van der Waals surface area contributed by atoms with E-state index in [2.05, 4.69) is 11.6 Å². The highest BCUT2D eigenvalue weighted by Crippen LogP contribution is 2.12. The van der Waals surface area contributed by atoms with Crippen molar-refractivity contribution in [2.75, 3.05) is 18.1 Å². The third kappa shape index (κ3) is 20.1. The van der Waals surface area contributed by atoms with Gasteiger partial charge in [0.1, 0.15) is 0 Å². The Hall–Kier alpha value is -0.180. The fourth-order valence-corrected chi connectivity index (χ4v) is 5.15. The molecular formula is C18H39NO5S2. The molecule has 0 saturated heterocycles. The number of hydrogen-bond acceptors (Lipinski definition) is 4. The Kier molecular flexibility index (Phi) is 15.7. The van der Waals surface area contributed by atoms with Crippen molar-refractivity contribution in [1.29, 1.82) is 0 Å². The van der Waals surface area contributed by atoms with E-state index in [4.69, 9.17) is 4.55 Å². The molecule has 0 amide bonds. The van der Waals surface area contributed by atoms with Crippen LogP contribution in [0.2, 0.25) is 0 Å². The van der Waals surface area contributed by atoms with Crippen LogP contribution in [0.4, 0.5) is 0 Å². The van der Waals surface area contributed by atoms with Gasteiger partial charge in [0.2, 0.25) is 10.0 Å². The molecule has 0 aliphatic heterocycles. The van der Waals surface area contributed by atoms with E-state index in [-0.39, 0.29) is 0 Å². The minimum absolute atomic E-state index is 0.325. The molecule has 158 valence electrons. The molecule has 6 nitrogen and oxygen atoms in total. The lowest BCUT2D eigenvalue weighted by atomic mass is 10.0. The summed E-state index contributed by atoms with van der Waals surface area (Å²) in [5.74, 6) is -1.36. The highest BCUT2D eigenvalue weighted by atomic mass is 32.2. The lowest BCUT2D eigenvalue weighted by molar-refractivity contribution is 0.483. The zero-order chi connectivity index (χ0) is 19.7. The number of sulfonamides is 1. The van der Waals surface area contributed by atoms with Crippen molar-refractivity contribution in [3.05, 3.63) is 0 Å². The first-order valence-electron chi connectivity index (χ1n) is 10.2. The first-order valence-corrected chi connectivity index (χ1v) is 13.5. The molecule has 0 radical (unpaired) electrons. The standard InChI is InChI=1S/C18H39NO5S2/c1-2-3-4-5-6-7-8-9-10-11-12-13-14-15-16-19-25(20,21)17-18-26(22,23)24/h19H,2-18H2,1H3,(H,22,23,24). The van der Waals surface area contributed by atoms with Crippen molar-refractivity contribution in [3.63, 3.8) is 0 Å². The van der Waals surface area contributed by atoms with E-state index >= 15 is 0 Å². The first kappa shape index (κ1) is 25.8. The molecule has 8 heteroatoms. The Morgan fingerprint density at radius 2 is 1.00 bits per heavy atom. The predicted octanol–water partition coefficient (Wildman–Crippen LogP) is 4.27. The van der Waals surface area contributed by atoms with Crippen molar-refractivity contribution < 1.29 is 21.4 Å². The van der Waals surface area contributed by atoms with Gasteiger partial charge in [0, 0.05) is 6.54 Å². The maximum absolute atomic E-state index is 11.5. The van der Waals surface area contributed by atoms with Crippen molar-refractivity contribution in [2.45, 2.75) is 96.8 Å². The predicted molar refractivity (Wildman–Crippen MR) is 109 cm³/mol. The Labute approximate surface area is 161 Å². The molecule has 0 aromatic heterocycles. The normalized spacial score (nSPS) is 12.5. The van der Waals surface area contributed by atoms with Crippen LogP contribution in [0.15, 0.2) is 0 Å². The van der Waals surface area contributed by atoms with E-state index in [0.717, 1.165) is 19.3 Å². The number of nitrogens with one attached hydrogen (secondary N) is 1. The summed E-state index contributed by atoms with van der Waals surface area (Å²) < 4.78 is 55.1. The van der Waals surface area contributed by atoms with Crippen LogP contribution >= 0.6 is 0 Å². The number of rotatable bonds is 19. The van der Waals surface area contributed by atoms with Gasteiger partial charge in [-0.1, -0.05) is 90.4 Å². The molecule has 0 aliphatic rings. The summed E-state index contributed by atoms with van der Waals surface area (Å²) in [5.41, 5.74) is 0. The SMILES string of the molecule is CCCCCCCCCCCCCCCCNS(=O)(=O)CCS(=O)(=O)O. The quantitative estimate of drug-likeness (QED) is 0.243. The van der Waals surface area contributed by atoms with Gasteiger partial charge in [0.25, 0.3) is 10.1 Å². The third-order valence-electron chi connectivity index (χ3n) is 4.46. The fraction of sp³-hybridized carbons (Fsp3) is 1.00. The van der Waals surface area contributed by atoms with Gasteiger partial charge >= 0.3 is 0 Å². The second kappa shape index (κ2) is 15.8. The summed E-state index contributed by atoms with van der Waals surface area (Å²) in [6, 6.07) is 0. The minimum Gasteiger partial charge on any atom is -0.286 e. The lowest BCUT2D eigenvalue weighted by Crippen LogP contribution is -2.30. The Morgan fingerprint density at radius 3 is 1.38 bits per heavy atom. The van der Waals surface area contributed by atoms with Crippen LogP contribution in [0.25, 0.3) is 0 Å². The molecular weight excluding hydrogens is 374 g/mol. The summed E-state index contributed by atoms with van der Waals surface area (Å²) in [6.07, 6.45) is 17.4. The second-order valence-electron chi connectivity index (χ2n) is 7.10. The van der Waals surface area contributed by atoms with Gasteiger partial charge in [0.05, 0.1) is 11.5 Å². The Bertz CT molecular complexity index is 518. The van der Waals surface area contributed by atoms with Crippen molar-refractivity contribution in [2.24, 2.45) is 0 Å². The molecule has 0 bridgehead atoms. The molecule has 0 aromatic rings. The lowest BCUT2D eigenvalue weighted by Gasteiger charge is -2.06. The molecule has 0 heterocycles. The Balaban J connectivity index is 3.33. The summed E-state index contributed by atoms with van der Waals surface area (Å²) in [7, 11) is -7.86. The maximum atomic E-state index is 11.5. The second-order valence-corrected chi connectivity index (χ2v) is 10.6. The zero-order valence-electron chi connectivity index (χ0n) is 16.4. The van der Waals surface area contributed by atoms with Crippen LogP contribution < -0.4 is 4.72 Å². The average Bonchev–Trinajstić information content (AvgIpc) is 2.56. The van der Waals surface area contributed by atoms with E-state index < -0.39 is 31.6 Å². The smallest absolute Gasteiger partial charge is 0.265 e. The van der Waals surface area contributed by atoms with Gasteiger partial charge in [0.15, 0.2) is 0 Å². The number of hydrogen-bond donors (Lipinski definition) is 2. The molecule has 0 saturated carbocycles. The van der Waals surface area contributed by atoms with Gasteiger partial charge in [-0.2, -0.15) is 8.42 Å². The number of unbranched alkanes of at least 4 members (excludes halogenated alkanes) is 13. The Morgan fingerprint density at radius 1 is 0.615 bits per heavy atom. The fourth-order valence-electron chi connectivity index (χ4n) is 2.83. The molecule has 0 atom stereocenters. The molecule has 2 N–H and O–H groups in total. The highest BCUT2D eigenvalue weighted by molar-refractivity contribution is 7.91. The van der Waals surface area contributed by atoms with Crippen molar-refractivity contribution in [3.8, 4) is 0 Å². The third-order valence-corrected chi connectivity index (χ3v) is 6.83. The van der Waals surface area contributed by atoms with Gasteiger partial charge in [-0.3, -0.25) is 4.55 Å². The van der Waals surface area contributed by atoms with Crippen LogP contribution in [0, 0.1) is 0 Å². The van der Waals surface area contributed by atoms with E-state index in [0.29, 0.717) is 6.54 Å². The van der Waals surface area contributed by atoms with Gasteiger partial charge < -0.3 is 0 Å².